The van der Waals surface area contributed by atoms with Crippen LogP contribution in [0.2, 0.25) is 0 Å². The molecule has 0 amide bonds. The summed E-state index contributed by atoms with van der Waals surface area (Å²) in [5, 5.41) is 0.0767. The molecule has 0 heterocycles. The van der Waals surface area contributed by atoms with E-state index in [2.05, 4.69) is 20.7 Å². The third-order valence-electron chi connectivity index (χ3n) is 1.55. The minimum absolute atomic E-state index is 0.0449. The van der Waals surface area contributed by atoms with Gasteiger partial charge in [-0.2, -0.15) is 0 Å². The fraction of sp³-hybridized carbons (Fsp3) is 0.250. The largest absolute Gasteiger partial charge is 0.573 e. The number of benzene rings is 1. The van der Waals surface area contributed by atoms with Crippen LogP contribution in [0.4, 0.5) is 23.2 Å². The first kappa shape index (κ1) is 12.1. The summed E-state index contributed by atoms with van der Waals surface area (Å²) in [7, 11) is 0. The normalized spacial score (nSPS) is 11.5. The van der Waals surface area contributed by atoms with Crippen molar-refractivity contribution in [2.45, 2.75) is 11.7 Å². The molecule has 0 aromatic heterocycles. The highest BCUT2D eigenvalue weighted by atomic mass is 79.9. The van der Waals surface area contributed by atoms with Crippen molar-refractivity contribution in [3.8, 4) is 5.75 Å². The fourth-order valence-electron chi connectivity index (χ4n) is 0.926. The second-order valence-corrected chi connectivity index (χ2v) is 3.22. The highest BCUT2D eigenvalue weighted by Crippen LogP contribution is 2.31. The van der Waals surface area contributed by atoms with E-state index in [4.69, 9.17) is 5.73 Å². The molecule has 0 aliphatic rings. The summed E-state index contributed by atoms with van der Waals surface area (Å²) in [5.74, 6) is -1.28. The van der Waals surface area contributed by atoms with Crippen LogP contribution in [0, 0.1) is 5.82 Å². The van der Waals surface area contributed by atoms with Gasteiger partial charge in [-0.3, -0.25) is 0 Å². The highest BCUT2D eigenvalue weighted by molar-refractivity contribution is 9.08. The van der Waals surface area contributed by atoms with Crippen molar-refractivity contribution >= 4 is 21.6 Å². The Hall–Kier alpha value is -0.980. The minimum atomic E-state index is -4.84. The number of alkyl halides is 4. The van der Waals surface area contributed by atoms with Gasteiger partial charge in [0, 0.05) is 17.0 Å². The van der Waals surface area contributed by atoms with E-state index in [1.165, 1.54) is 0 Å². The van der Waals surface area contributed by atoms with Gasteiger partial charge in [0.2, 0.25) is 0 Å². The molecule has 0 spiro atoms. The second kappa shape index (κ2) is 4.26. The Balaban J connectivity index is 3.08. The van der Waals surface area contributed by atoms with E-state index in [1.54, 1.807) is 0 Å². The molecular formula is C8H6BrF4NO. The molecule has 1 aromatic rings. The number of rotatable bonds is 2. The summed E-state index contributed by atoms with van der Waals surface area (Å²) in [6.07, 6.45) is -4.84. The molecule has 0 saturated carbocycles. The van der Waals surface area contributed by atoms with E-state index in [9.17, 15) is 17.6 Å². The van der Waals surface area contributed by atoms with Gasteiger partial charge in [-0.1, -0.05) is 15.9 Å². The predicted molar refractivity (Wildman–Crippen MR) is 50.1 cm³/mol. The minimum Gasteiger partial charge on any atom is -0.404 e. The molecular weight excluding hydrogens is 282 g/mol. The predicted octanol–water partition coefficient (Wildman–Crippen LogP) is 3.20. The maximum Gasteiger partial charge on any atom is 0.573 e. The Bertz CT molecular complexity index is 366. The average molecular weight is 288 g/mol. The first-order chi connectivity index (χ1) is 6.83. The molecule has 0 atom stereocenters. The van der Waals surface area contributed by atoms with E-state index in [0.717, 1.165) is 12.1 Å². The number of nitrogen functional groups attached to an aromatic ring is 1. The first-order valence-corrected chi connectivity index (χ1v) is 4.85. The quantitative estimate of drug-likeness (QED) is 0.515. The van der Waals surface area contributed by atoms with Crippen LogP contribution in [0.15, 0.2) is 12.1 Å². The van der Waals surface area contributed by atoms with Crippen LogP contribution in [0.5, 0.6) is 5.75 Å². The molecule has 0 radical (unpaired) electrons. The number of hydrogen-bond donors (Lipinski definition) is 1. The van der Waals surface area contributed by atoms with Crippen LogP contribution < -0.4 is 10.5 Å². The van der Waals surface area contributed by atoms with E-state index in [-0.39, 0.29) is 10.9 Å². The molecule has 1 rings (SSSR count). The fourth-order valence-corrected chi connectivity index (χ4v) is 1.36. The molecule has 7 heteroatoms. The van der Waals surface area contributed by atoms with Crippen molar-refractivity contribution < 1.29 is 22.3 Å². The van der Waals surface area contributed by atoms with Crippen LogP contribution in [0.3, 0.4) is 0 Å². The third-order valence-corrected chi connectivity index (χ3v) is 2.15. The number of anilines is 1. The molecule has 0 unspecified atom stereocenters. The van der Waals surface area contributed by atoms with Crippen molar-refractivity contribution in [1.29, 1.82) is 0 Å². The monoisotopic (exact) mass is 287 g/mol. The highest BCUT2D eigenvalue weighted by Gasteiger charge is 2.32. The zero-order chi connectivity index (χ0) is 11.6. The first-order valence-electron chi connectivity index (χ1n) is 3.73. The second-order valence-electron chi connectivity index (χ2n) is 2.66. The van der Waals surface area contributed by atoms with Gasteiger partial charge in [0.1, 0.15) is 5.82 Å². The van der Waals surface area contributed by atoms with Crippen LogP contribution in [0.1, 0.15) is 5.56 Å². The standard InChI is InChI=1S/C8H6BrF4NO/c9-3-4-1-7(15-8(11,12)13)6(14)2-5(4)10/h1-2H,3,14H2. The van der Waals surface area contributed by atoms with Crippen molar-refractivity contribution in [3.05, 3.63) is 23.5 Å². The lowest BCUT2D eigenvalue weighted by atomic mass is 10.2. The molecule has 1 aromatic carbocycles. The summed E-state index contributed by atoms with van der Waals surface area (Å²) in [4.78, 5) is 0. The van der Waals surface area contributed by atoms with Crippen molar-refractivity contribution in [2.75, 3.05) is 5.73 Å². The average Bonchev–Trinajstić information content (AvgIpc) is 2.07. The van der Waals surface area contributed by atoms with Gasteiger partial charge in [0.15, 0.2) is 5.75 Å². The maximum atomic E-state index is 13.0. The van der Waals surface area contributed by atoms with Crippen LogP contribution in [0.25, 0.3) is 0 Å². The maximum absolute atomic E-state index is 13.0. The Labute approximate surface area is 91.1 Å². The van der Waals surface area contributed by atoms with Crippen LogP contribution in [-0.2, 0) is 5.33 Å². The lowest BCUT2D eigenvalue weighted by Gasteiger charge is -2.12. The smallest absolute Gasteiger partial charge is 0.404 e. The van der Waals surface area contributed by atoms with Gasteiger partial charge in [-0.05, 0) is 6.07 Å². The molecule has 0 aliphatic heterocycles. The van der Waals surface area contributed by atoms with Crippen LogP contribution >= 0.6 is 15.9 Å². The topological polar surface area (TPSA) is 35.2 Å². The van der Waals surface area contributed by atoms with Crippen LogP contribution in [-0.4, -0.2) is 6.36 Å². The number of ether oxygens (including phenoxy) is 1. The number of nitrogens with two attached hydrogens (primary N) is 1. The molecule has 0 fully saturated rings. The Morgan fingerprint density at radius 2 is 1.93 bits per heavy atom. The van der Waals surface area contributed by atoms with Gasteiger partial charge in [-0.15, -0.1) is 13.2 Å². The third kappa shape index (κ3) is 3.26. The molecule has 2 nitrogen and oxygen atoms in total. The summed E-state index contributed by atoms with van der Waals surface area (Å²) in [6.45, 7) is 0. The Morgan fingerprint density at radius 3 is 2.40 bits per heavy atom. The van der Waals surface area contributed by atoms with Gasteiger partial charge in [0.05, 0.1) is 5.69 Å². The van der Waals surface area contributed by atoms with E-state index in [0.29, 0.717) is 0 Å². The summed E-state index contributed by atoms with van der Waals surface area (Å²) >= 11 is 2.93. The summed E-state index contributed by atoms with van der Waals surface area (Å²) < 4.78 is 52.3. The zero-order valence-electron chi connectivity index (χ0n) is 7.24. The zero-order valence-corrected chi connectivity index (χ0v) is 8.82. The van der Waals surface area contributed by atoms with Gasteiger partial charge in [0.25, 0.3) is 0 Å². The molecule has 2 N–H and O–H groups in total. The van der Waals surface area contributed by atoms with Crippen molar-refractivity contribution in [3.63, 3.8) is 0 Å². The number of hydrogen-bond acceptors (Lipinski definition) is 2. The van der Waals surface area contributed by atoms with Crippen molar-refractivity contribution in [1.82, 2.24) is 0 Å². The lowest BCUT2D eigenvalue weighted by molar-refractivity contribution is -0.274. The van der Waals surface area contributed by atoms with Gasteiger partial charge >= 0.3 is 6.36 Å². The summed E-state index contributed by atoms with van der Waals surface area (Å²) in [5.41, 5.74) is 4.82. The Kier molecular flexibility index (Phi) is 3.43. The lowest BCUT2D eigenvalue weighted by Crippen LogP contribution is -2.18. The van der Waals surface area contributed by atoms with E-state index in [1.807, 2.05) is 0 Å². The molecule has 15 heavy (non-hydrogen) atoms. The van der Waals surface area contributed by atoms with Gasteiger partial charge < -0.3 is 10.5 Å². The molecule has 0 bridgehead atoms. The van der Waals surface area contributed by atoms with Crippen molar-refractivity contribution in [2.24, 2.45) is 0 Å². The van der Waals surface area contributed by atoms with Gasteiger partial charge in [-0.25, -0.2) is 4.39 Å². The molecule has 84 valence electrons. The Morgan fingerprint density at radius 1 is 1.33 bits per heavy atom. The van der Waals surface area contributed by atoms with E-state index < -0.39 is 23.6 Å². The summed E-state index contributed by atoms with van der Waals surface area (Å²) in [6, 6.07) is 1.70. The SMILES string of the molecule is Nc1cc(F)c(CBr)cc1OC(F)(F)F. The van der Waals surface area contributed by atoms with E-state index >= 15 is 0 Å². The molecule has 0 aliphatic carbocycles. The number of halogens is 5. The molecule has 0 saturated heterocycles.